The Morgan fingerprint density at radius 3 is 2.42 bits per heavy atom. The molecule has 2 aromatic heterocycles. The molecule has 1 saturated carbocycles. The quantitative estimate of drug-likeness (QED) is 0.376. The second-order valence-corrected chi connectivity index (χ2v) is 8.38. The van der Waals surface area contributed by atoms with E-state index in [0.29, 0.717) is 0 Å². The number of aromatic carboxylic acids is 1. The van der Waals surface area contributed by atoms with Crippen LogP contribution >= 0.6 is 0 Å². The first kappa shape index (κ1) is 20.8. The van der Waals surface area contributed by atoms with Gasteiger partial charge in [0.15, 0.2) is 0 Å². The van der Waals surface area contributed by atoms with Crippen LogP contribution in [0.15, 0.2) is 79.3 Å². The summed E-state index contributed by atoms with van der Waals surface area (Å²) in [6.07, 6.45) is 7.06. The molecule has 0 aliphatic heterocycles. The van der Waals surface area contributed by atoms with Gasteiger partial charge in [0, 0.05) is 29.9 Å². The minimum atomic E-state index is -0.942. The minimum absolute atomic E-state index is 0.137. The minimum Gasteiger partial charge on any atom is -0.478 e. The second kappa shape index (κ2) is 8.13. The van der Waals surface area contributed by atoms with E-state index in [1.165, 1.54) is 53.0 Å². The van der Waals surface area contributed by atoms with Crippen molar-refractivity contribution in [3.05, 3.63) is 113 Å². The highest BCUT2D eigenvalue weighted by Gasteiger charge is 2.49. The molecule has 0 atom stereocenters. The third-order valence-electron chi connectivity index (χ3n) is 6.42. The first-order chi connectivity index (χ1) is 16.0. The number of carboxylic acids is 1. The van der Waals surface area contributed by atoms with Gasteiger partial charge in [0.1, 0.15) is 5.82 Å². The Balaban J connectivity index is 0.000000215. The number of hydrogen-bond acceptors (Lipinski definition) is 4. The van der Waals surface area contributed by atoms with Crippen LogP contribution in [-0.4, -0.2) is 21.0 Å². The van der Waals surface area contributed by atoms with E-state index in [0.717, 1.165) is 36.2 Å². The molecule has 0 radical (unpaired) electrons. The lowest BCUT2D eigenvalue weighted by Gasteiger charge is -2.20. The molecule has 0 amide bonds. The van der Waals surface area contributed by atoms with Gasteiger partial charge in [-0.3, -0.25) is 9.97 Å². The van der Waals surface area contributed by atoms with Crippen LogP contribution in [0.3, 0.4) is 0 Å². The molecule has 0 spiro atoms. The van der Waals surface area contributed by atoms with Gasteiger partial charge in [-0.05, 0) is 64.9 Å². The van der Waals surface area contributed by atoms with Crippen molar-refractivity contribution in [2.24, 2.45) is 0 Å². The molecule has 2 aliphatic rings. The van der Waals surface area contributed by atoms with Gasteiger partial charge in [0.25, 0.3) is 0 Å². The van der Waals surface area contributed by atoms with Gasteiger partial charge in [0.2, 0.25) is 0 Å². The molecule has 2 aromatic carbocycles. The van der Waals surface area contributed by atoms with Crippen LogP contribution in [0.4, 0.5) is 10.1 Å². The Morgan fingerprint density at radius 2 is 1.79 bits per heavy atom. The normalized spacial score (nSPS) is 14.5. The smallest absolute Gasteiger partial charge is 0.337 e. The molecule has 33 heavy (non-hydrogen) atoms. The first-order valence-electron chi connectivity index (χ1n) is 10.7. The average Bonchev–Trinajstić information content (AvgIpc) is 3.55. The first-order valence-corrected chi connectivity index (χ1v) is 10.7. The molecule has 164 valence electrons. The largest absolute Gasteiger partial charge is 0.478 e. The van der Waals surface area contributed by atoms with Crippen LogP contribution in [-0.2, 0) is 11.8 Å². The van der Waals surface area contributed by atoms with Gasteiger partial charge in [-0.15, -0.1) is 0 Å². The lowest BCUT2D eigenvalue weighted by atomic mass is 9.87. The molecule has 4 aromatic rings. The van der Waals surface area contributed by atoms with E-state index >= 15 is 0 Å². The molecule has 0 bridgehead atoms. The van der Waals surface area contributed by atoms with Crippen LogP contribution in [0.25, 0.3) is 11.1 Å². The van der Waals surface area contributed by atoms with Crippen molar-refractivity contribution in [1.29, 1.82) is 0 Å². The maximum absolute atomic E-state index is 13.2. The van der Waals surface area contributed by atoms with Gasteiger partial charge in [-0.1, -0.05) is 36.4 Å². The summed E-state index contributed by atoms with van der Waals surface area (Å²) in [6, 6.07) is 19.2. The van der Waals surface area contributed by atoms with E-state index in [2.05, 4.69) is 46.4 Å². The van der Waals surface area contributed by atoms with Crippen molar-refractivity contribution in [2.75, 3.05) is 5.73 Å². The lowest BCUT2D eigenvalue weighted by molar-refractivity contribution is 0.0696. The maximum atomic E-state index is 13.2. The van der Waals surface area contributed by atoms with E-state index in [1.807, 2.05) is 0 Å². The molecule has 0 saturated heterocycles. The molecule has 5 nitrogen and oxygen atoms in total. The van der Waals surface area contributed by atoms with Crippen molar-refractivity contribution >= 4 is 11.7 Å². The monoisotopic (exact) mass is 439 g/mol. The van der Waals surface area contributed by atoms with Gasteiger partial charge < -0.3 is 10.8 Å². The third-order valence-corrected chi connectivity index (χ3v) is 6.42. The predicted octanol–water partition coefficient (Wildman–Crippen LogP) is 5.23. The summed E-state index contributed by atoms with van der Waals surface area (Å²) in [4.78, 5) is 18.1. The Morgan fingerprint density at radius 1 is 0.970 bits per heavy atom. The number of carboxylic acid groups (broad SMARTS) is 1. The number of carbonyl (C=O) groups is 1. The Bertz CT molecular complexity index is 1330. The van der Waals surface area contributed by atoms with Crippen molar-refractivity contribution in [3.63, 3.8) is 0 Å². The van der Waals surface area contributed by atoms with E-state index in [4.69, 9.17) is 10.8 Å². The number of benzene rings is 2. The number of fused-ring (bicyclic) bond motifs is 3. The Hall–Kier alpha value is -4.06. The second-order valence-electron chi connectivity index (χ2n) is 8.38. The molecule has 1 fully saturated rings. The number of hydrogen-bond donors (Lipinski definition) is 2. The highest BCUT2D eigenvalue weighted by atomic mass is 19.1. The summed E-state index contributed by atoms with van der Waals surface area (Å²) in [6.45, 7) is 0. The van der Waals surface area contributed by atoms with E-state index in [9.17, 15) is 9.18 Å². The summed E-state index contributed by atoms with van der Waals surface area (Å²) in [5.41, 5.74) is 14.7. The average molecular weight is 439 g/mol. The summed E-state index contributed by atoms with van der Waals surface area (Å²) in [5.74, 6) is -1.24. The van der Waals surface area contributed by atoms with Gasteiger partial charge in [-0.2, -0.15) is 0 Å². The number of aromatic nitrogens is 2. The molecule has 2 aliphatic carbocycles. The molecule has 6 rings (SSSR count). The number of pyridine rings is 2. The molecule has 2 heterocycles. The maximum Gasteiger partial charge on any atom is 0.337 e. The van der Waals surface area contributed by atoms with Crippen molar-refractivity contribution in [2.45, 2.75) is 24.7 Å². The summed E-state index contributed by atoms with van der Waals surface area (Å²) < 4.78 is 13.2. The van der Waals surface area contributed by atoms with Crippen LogP contribution in [0, 0.1) is 5.82 Å². The summed E-state index contributed by atoms with van der Waals surface area (Å²) >= 11 is 0. The zero-order valence-electron chi connectivity index (χ0n) is 17.8. The molecular weight excluding hydrogens is 417 g/mol. The third kappa shape index (κ3) is 3.74. The highest BCUT2D eigenvalue weighted by Crippen LogP contribution is 2.56. The van der Waals surface area contributed by atoms with E-state index < -0.39 is 5.97 Å². The zero-order chi connectivity index (χ0) is 23.0. The summed E-state index contributed by atoms with van der Waals surface area (Å²) in [7, 11) is 0. The lowest BCUT2D eigenvalue weighted by Crippen LogP contribution is -2.14. The number of nitrogens with two attached hydrogens (primary N) is 1. The zero-order valence-corrected chi connectivity index (χ0v) is 17.8. The topological polar surface area (TPSA) is 89.1 Å². The standard InChI is InChI=1S/C21H17FN2.C6H5NO2/c22-14-5-8-19(24-12-14)21(9-10-21)18-7-6-16-15-4-2-1-3-13(15)11-17(16)20(18)23;8-6(9)5-2-1-3-7-4-5/h1-8,12H,9-11,23H2;1-4H,(H,8,9). The fraction of sp³-hybridized carbons (Fsp3) is 0.148. The molecule has 0 unspecified atom stereocenters. The molecule has 6 heteroatoms. The predicted molar refractivity (Wildman–Crippen MR) is 125 cm³/mol. The Labute approximate surface area is 190 Å². The highest BCUT2D eigenvalue weighted by molar-refractivity contribution is 5.87. The van der Waals surface area contributed by atoms with Gasteiger partial charge >= 0.3 is 5.97 Å². The summed E-state index contributed by atoms with van der Waals surface area (Å²) in [5, 5.41) is 8.34. The van der Waals surface area contributed by atoms with Crippen LogP contribution in [0.2, 0.25) is 0 Å². The number of nitrogen functional groups attached to an aromatic ring is 1. The van der Waals surface area contributed by atoms with Crippen molar-refractivity contribution < 1.29 is 14.3 Å². The van der Waals surface area contributed by atoms with Crippen molar-refractivity contribution in [1.82, 2.24) is 9.97 Å². The van der Waals surface area contributed by atoms with Crippen LogP contribution in [0.1, 0.15) is 45.6 Å². The molecule has 3 N–H and O–H groups in total. The number of anilines is 1. The van der Waals surface area contributed by atoms with Crippen LogP contribution in [0.5, 0.6) is 0 Å². The van der Waals surface area contributed by atoms with E-state index in [-0.39, 0.29) is 16.8 Å². The SMILES string of the molecule is Nc1c(C2(c3ccc(F)cn3)CC2)ccc2c1Cc1ccccc1-2.O=C(O)c1cccnc1. The number of rotatable bonds is 3. The molecular formula is C27H22FN3O2. The van der Waals surface area contributed by atoms with Crippen molar-refractivity contribution in [3.8, 4) is 11.1 Å². The Kier molecular flexibility index (Phi) is 5.13. The van der Waals surface area contributed by atoms with E-state index in [1.54, 1.807) is 12.1 Å². The number of halogens is 1. The number of nitrogens with zero attached hydrogens (tertiary/aromatic N) is 2. The fourth-order valence-electron chi connectivity index (χ4n) is 4.59. The fourth-order valence-corrected chi connectivity index (χ4v) is 4.59. The van der Waals surface area contributed by atoms with Gasteiger partial charge in [-0.25, -0.2) is 9.18 Å². The van der Waals surface area contributed by atoms with Gasteiger partial charge in [0.05, 0.1) is 17.5 Å². The van der Waals surface area contributed by atoms with Crippen LogP contribution < -0.4 is 5.73 Å².